The van der Waals surface area contributed by atoms with Crippen LogP contribution in [0.5, 0.6) is 11.5 Å². The number of rotatable bonds is 8. The van der Waals surface area contributed by atoms with Crippen LogP contribution in [0, 0.1) is 25.7 Å². The topological polar surface area (TPSA) is 91.5 Å². The summed E-state index contributed by atoms with van der Waals surface area (Å²) in [6, 6.07) is 17.5. The number of aromatic nitrogens is 2. The van der Waals surface area contributed by atoms with Crippen molar-refractivity contribution in [2.75, 3.05) is 11.9 Å². The van der Waals surface area contributed by atoms with Gasteiger partial charge in [-0.2, -0.15) is 5.10 Å². The van der Waals surface area contributed by atoms with Crippen molar-refractivity contribution < 1.29 is 9.53 Å². The average molecular weight is 566 g/mol. The zero-order valence-electron chi connectivity index (χ0n) is 25.8. The van der Waals surface area contributed by atoms with Gasteiger partial charge in [-0.05, 0) is 82.1 Å². The number of nitrogens with zero attached hydrogens (tertiary/aromatic N) is 3. The van der Waals surface area contributed by atoms with E-state index < -0.39 is 0 Å². The second kappa shape index (κ2) is 19.1. The van der Waals surface area contributed by atoms with Gasteiger partial charge >= 0.3 is 0 Å². The van der Waals surface area contributed by atoms with E-state index >= 15 is 0 Å². The van der Waals surface area contributed by atoms with E-state index in [1.54, 1.807) is 23.0 Å². The zero-order chi connectivity index (χ0) is 31.5. The number of aryl methyl sites for hydroxylation is 2. The summed E-state index contributed by atoms with van der Waals surface area (Å²) >= 11 is 0. The number of benzene rings is 2. The van der Waals surface area contributed by atoms with Crippen LogP contribution in [0.3, 0.4) is 0 Å². The van der Waals surface area contributed by atoms with Crippen molar-refractivity contribution in [2.45, 2.75) is 48.5 Å². The van der Waals surface area contributed by atoms with Gasteiger partial charge < -0.3 is 15.4 Å². The van der Waals surface area contributed by atoms with Gasteiger partial charge in [-0.3, -0.25) is 4.79 Å². The van der Waals surface area contributed by atoms with Gasteiger partial charge in [0, 0.05) is 25.0 Å². The van der Waals surface area contributed by atoms with E-state index in [4.69, 9.17) is 10.00 Å². The molecule has 0 atom stereocenters. The van der Waals surface area contributed by atoms with E-state index in [-0.39, 0.29) is 5.91 Å². The van der Waals surface area contributed by atoms with Gasteiger partial charge in [-0.25, -0.2) is 9.78 Å². The number of nitrogens with one attached hydrogen (secondary N) is 2. The first-order valence-corrected chi connectivity index (χ1v) is 13.9. The number of amides is 1. The summed E-state index contributed by atoms with van der Waals surface area (Å²) in [7, 11) is 0. The van der Waals surface area contributed by atoms with E-state index in [9.17, 15) is 4.79 Å². The van der Waals surface area contributed by atoms with E-state index in [2.05, 4.69) is 28.9 Å². The molecule has 2 aromatic heterocycles. The number of fused-ring (bicyclic) bond motifs is 1. The quantitative estimate of drug-likeness (QED) is 0.208. The molecule has 0 spiro atoms. The Morgan fingerprint density at radius 1 is 1.07 bits per heavy atom. The van der Waals surface area contributed by atoms with Crippen molar-refractivity contribution in [3.8, 4) is 18.1 Å². The van der Waals surface area contributed by atoms with Crippen molar-refractivity contribution in [3.05, 3.63) is 120 Å². The van der Waals surface area contributed by atoms with Crippen LogP contribution in [0.1, 0.15) is 56.1 Å². The fourth-order valence-corrected chi connectivity index (χ4v) is 3.90. The molecule has 7 heteroatoms. The largest absolute Gasteiger partial charge is 0.457 e. The van der Waals surface area contributed by atoms with Crippen LogP contribution in [0.25, 0.3) is 5.52 Å². The smallest absolute Gasteiger partial charge is 0.253 e. The predicted molar refractivity (Wildman–Crippen MR) is 176 cm³/mol. The molecule has 4 rings (SSSR count). The second-order valence-corrected chi connectivity index (χ2v) is 8.73. The third-order valence-electron chi connectivity index (χ3n) is 5.74. The standard InChI is InChI=1S/C24H24N4O2.C8H12.C2H6.CHN/c1-4-25-24(29)21-15-28-23(17(21)3)22(16(2)14-26-28)27-18-10-12-20(13-11-18)30-19-8-6-5-7-9-19;1-4-6-8(3)7-5-2;2*1-2/h5-15,27H,4H2,1-3H3,(H,25,29);4-7H,1H2,2-3H3;1-2H3;1H/b;7-5-,8-6-;;. The van der Waals surface area contributed by atoms with Crippen molar-refractivity contribution in [3.63, 3.8) is 0 Å². The Labute approximate surface area is 250 Å². The van der Waals surface area contributed by atoms with Gasteiger partial charge in [-0.15, -0.1) is 0 Å². The molecule has 0 bridgehead atoms. The van der Waals surface area contributed by atoms with Crippen molar-refractivity contribution in [1.29, 1.82) is 5.26 Å². The molecule has 1 amide bonds. The highest BCUT2D eigenvalue weighted by molar-refractivity contribution is 5.99. The SMILES string of the molecule is C#N.C=C/C=C(C)\C=C/C.CC.CCNC(=O)c1cn2ncc(C)c(Nc3ccc(Oc4ccccc4)cc3)c2c1C. The van der Waals surface area contributed by atoms with Gasteiger partial charge in [0.2, 0.25) is 0 Å². The minimum Gasteiger partial charge on any atom is -0.457 e. The number of hydrogen-bond acceptors (Lipinski definition) is 5. The molecule has 0 saturated heterocycles. The maximum Gasteiger partial charge on any atom is 0.253 e. The highest BCUT2D eigenvalue weighted by atomic mass is 16.5. The highest BCUT2D eigenvalue weighted by Gasteiger charge is 2.18. The molecular weight excluding hydrogens is 522 g/mol. The minimum atomic E-state index is -0.0912. The van der Waals surface area contributed by atoms with Gasteiger partial charge in [0.25, 0.3) is 5.91 Å². The Hall–Kier alpha value is -5.09. The fourth-order valence-electron chi connectivity index (χ4n) is 3.90. The van der Waals surface area contributed by atoms with Crippen molar-refractivity contribution >= 4 is 22.8 Å². The number of carbonyl (C=O) groups excluding carboxylic acids is 1. The lowest BCUT2D eigenvalue weighted by Crippen LogP contribution is -2.22. The summed E-state index contributed by atoms with van der Waals surface area (Å²) in [6.45, 7) is 21.6. The third-order valence-corrected chi connectivity index (χ3v) is 5.74. The lowest BCUT2D eigenvalue weighted by molar-refractivity contribution is 0.0955. The molecule has 2 heterocycles. The molecule has 220 valence electrons. The second-order valence-electron chi connectivity index (χ2n) is 8.73. The predicted octanol–water partition coefficient (Wildman–Crippen LogP) is 9.10. The summed E-state index contributed by atoms with van der Waals surface area (Å²) in [5.74, 6) is 1.47. The number of nitriles is 1. The van der Waals surface area contributed by atoms with E-state index in [0.717, 1.165) is 39.5 Å². The maximum absolute atomic E-state index is 12.4. The minimum absolute atomic E-state index is 0.0912. The van der Waals surface area contributed by atoms with Crippen molar-refractivity contribution in [2.24, 2.45) is 0 Å². The fraction of sp³-hybridized carbons (Fsp3) is 0.229. The number of hydrogen-bond donors (Lipinski definition) is 2. The van der Waals surface area contributed by atoms with E-state index in [0.29, 0.717) is 12.1 Å². The van der Waals surface area contributed by atoms with Crippen LogP contribution in [-0.4, -0.2) is 22.1 Å². The molecule has 0 aliphatic carbocycles. The zero-order valence-corrected chi connectivity index (χ0v) is 25.8. The Kier molecular flexibility index (Phi) is 15.9. The molecule has 42 heavy (non-hydrogen) atoms. The Morgan fingerprint density at radius 3 is 2.26 bits per heavy atom. The summed E-state index contributed by atoms with van der Waals surface area (Å²) in [5, 5.41) is 17.3. The molecule has 4 aromatic rings. The molecule has 0 fully saturated rings. The number of carbonyl (C=O) groups is 1. The summed E-state index contributed by atoms with van der Waals surface area (Å²) in [6.07, 6.45) is 11.4. The van der Waals surface area contributed by atoms with Crippen LogP contribution in [0.4, 0.5) is 11.4 Å². The molecular formula is C35H43N5O2. The highest BCUT2D eigenvalue weighted by Crippen LogP contribution is 2.31. The number of ether oxygens (including phenoxy) is 1. The first-order chi connectivity index (χ1) is 20.4. The summed E-state index contributed by atoms with van der Waals surface area (Å²) in [4.78, 5) is 12.4. The monoisotopic (exact) mass is 565 g/mol. The van der Waals surface area contributed by atoms with Crippen LogP contribution in [0.15, 0.2) is 103 Å². The summed E-state index contributed by atoms with van der Waals surface area (Å²) in [5.41, 5.74) is 6.49. The number of anilines is 2. The lowest BCUT2D eigenvalue weighted by Gasteiger charge is -2.13. The number of allylic oxidation sites excluding steroid dienone is 5. The van der Waals surface area contributed by atoms with Crippen LogP contribution in [-0.2, 0) is 0 Å². The molecule has 0 unspecified atom stereocenters. The van der Waals surface area contributed by atoms with Crippen molar-refractivity contribution in [1.82, 2.24) is 14.9 Å². The van der Waals surface area contributed by atoms with E-state index in [1.807, 2.05) is 121 Å². The van der Waals surface area contributed by atoms with Crippen LogP contribution in [0.2, 0.25) is 0 Å². The Balaban J connectivity index is 0.000000631. The van der Waals surface area contributed by atoms with Gasteiger partial charge in [0.1, 0.15) is 11.5 Å². The van der Waals surface area contributed by atoms with Crippen LogP contribution < -0.4 is 15.4 Å². The molecule has 2 N–H and O–H groups in total. The maximum atomic E-state index is 12.4. The molecule has 0 radical (unpaired) electrons. The Morgan fingerprint density at radius 2 is 1.69 bits per heavy atom. The molecule has 0 aliphatic heterocycles. The van der Waals surface area contributed by atoms with E-state index in [1.165, 1.54) is 5.57 Å². The number of para-hydroxylation sites is 1. The first-order valence-electron chi connectivity index (χ1n) is 13.9. The summed E-state index contributed by atoms with van der Waals surface area (Å²) < 4.78 is 7.62. The molecule has 7 nitrogen and oxygen atoms in total. The van der Waals surface area contributed by atoms with Gasteiger partial charge in [0.05, 0.1) is 23.0 Å². The lowest BCUT2D eigenvalue weighted by atomic mass is 10.1. The molecule has 0 saturated carbocycles. The molecule has 0 aliphatic rings. The third kappa shape index (κ3) is 10.1. The average Bonchev–Trinajstić information content (AvgIpc) is 3.35. The van der Waals surface area contributed by atoms with Crippen LogP contribution >= 0.6 is 0 Å². The normalized spacial score (nSPS) is 10.3. The Bertz CT molecular complexity index is 1480. The van der Waals surface area contributed by atoms with Gasteiger partial charge in [0.15, 0.2) is 0 Å². The molecule has 2 aromatic carbocycles. The first kappa shape index (κ1) is 34.9. The van der Waals surface area contributed by atoms with Gasteiger partial charge in [-0.1, -0.05) is 68.5 Å².